The first kappa shape index (κ1) is 18.7. The molecule has 2 aliphatic rings. The van der Waals surface area contributed by atoms with Crippen LogP contribution in [0.15, 0.2) is 23.5 Å². The highest BCUT2D eigenvalue weighted by molar-refractivity contribution is 5.70. The van der Waals surface area contributed by atoms with Crippen molar-refractivity contribution in [1.29, 1.82) is 0 Å². The Hall–Kier alpha value is -1.66. The Bertz CT molecular complexity index is 500. The smallest absolute Gasteiger partial charge is 0.444 e. The van der Waals surface area contributed by atoms with Crippen LogP contribution in [0, 0.1) is 0 Å². The number of cyclic esters (lactones) is 1. The van der Waals surface area contributed by atoms with E-state index in [0.717, 1.165) is 31.3 Å². The van der Waals surface area contributed by atoms with Crippen LogP contribution in [0.2, 0.25) is 0 Å². The fourth-order valence-corrected chi connectivity index (χ4v) is 2.92. The maximum absolute atomic E-state index is 12.2. The van der Waals surface area contributed by atoms with Crippen molar-refractivity contribution >= 4 is 6.09 Å². The van der Waals surface area contributed by atoms with E-state index in [-0.39, 0.29) is 24.4 Å². The van der Waals surface area contributed by atoms with E-state index in [0.29, 0.717) is 19.5 Å². The molecule has 1 fully saturated rings. The lowest BCUT2D eigenvalue weighted by atomic mass is 10.0. The molecule has 1 heterocycles. The molecule has 0 spiro atoms. The number of nitrogens with zero attached hydrogens (tertiary/aromatic N) is 1. The predicted octanol–water partition coefficient (Wildman–Crippen LogP) is 4.92. The number of hydrogen-bond donors (Lipinski definition) is 0. The zero-order valence-electron chi connectivity index (χ0n) is 13.9. The Morgan fingerprint density at radius 2 is 2.04 bits per heavy atom. The van der Waals surface area contributed by atoms with Gasteiger partial charge in [-0.1, -0.05) is 37.8 Å². The number of carbonyl (C=O) groups excluding carboxylic acids is 1. The van der Waals surface area contributed by atoms with E-state index in [1.807, 2.05) is 0 Å². The summed E-state index contributed by atoms with van der Waals surface area (Å²) in [6.45, 7) is 3.10. The maximum Gasteiger partial charge on any atom is 0.572 e. The van der Waals surface area contributed by atoms with Gasteiger partial charge in [-0.3, -0.25) is 0 Å². The molecular weight excluding hydrogens is 323 g/mol. The highest BCUT2D eigenvalue weighted by Gasteiger charge is 2.33. The van der Waals surface area contributed by atoms with Gasteiger partial charge in [-0.15, -0.1) is 13.2 Å². The van der Waals surface area contributed by atoms with Crippen LogP contribution in [-0.4, -0.2) is 36.5 Å². The second-order valence-corrected chi connectivity index (χ2v) is 6.24. The average molecular weight is 347 g/mol. The summed E-state index contributed by atoms with van der Waals surface area (Å²) in [5.74, 6) is -0.0935. The summed E-state index contributed by atoms with van der Waals surface area (Å²) in [4.78, 5) is 13.5. The van der Waals surface area contributed by atoms with Crippen molar-refractivity contribution in [3.63, 3.8) is 0 Å². The molecule has 0 bridgehead atoms. The lowest BCUT2D eigenvalue weighted by molar-refractivity contribution is -0.306. The van der Waals surface area contributed by atoms with Crippen LogP contribution in [0.5, 0.6) is 0 Å². The minimum Gasteiger partial charge on any atom is -0.444 e. The second kappa shape index (κ2) is 8.44. The molecule has 1 aliphatic heterocycles. The monoisotopic (exact) mass is 347 g/mol. The Morgan fingerprint density at radius 3 is 2.67 bits per heavy atom. The van der Waals surface area contributed by atoms with Crippen LogP contribution in [0.4, 0.5) is 18.0 Å². The molecule has 136 valence electrons. The summed E-state index contributed by atoms with van der Waals surface area (Å²) in [5.41, 5.74) is 0.910. The average Bonchev–Trinajstić information content (AvgIpc) is 2.84. The molecule has 0 radical (unpaired) electrons. The summed E-state index contributed by atoms with van der Waals surface area (Å²) in [7, 11) is 0. The molecule has 0 N–H and O–H groups in total. The van der Waals surface area contributed by atoms with Crippen molar-refractivity contribution in [2.45, 2.75) is 64.3 Å². The minimum absolute atomic E-state index is 0.0711. The zero-order valence-corrected chi connectivity index (χ0v) is 13.9. The molecule has 1 saturated heterocycles. The minimum atomic E-state index is -4.65. The molecule has 0 aromatic carbocycles. The third-order valence-electron chi connectivity index (χ3n) is 4.17. The van der Waals surface area contributed by atoms with Crippen LogP contribution >= 0.6 is 0 Å². The molecule has 7 heteroatoms. The lowest BCUT2D eigenvalue weighted by Crippen LogP contribution is -2.28. The number of ether oxygens (including phenoxy) is 2. The van der Waals surface area contributed by atoms with E-state index in [2.05, 4.69) is 11.7 Å². The largest absolute Gasteiger partial charge is 0.572 e. The van der Waals surface area contributed by atoms with Crippen LogP contribution in [0.3, 0.4) is 0 Å². The first-order chi connectivity index (χ1) is 11.4. The van der Waals surface area contributed by atoms with E-state index in [4.69, 9.17) is 4.74 Å². The summed E-state index contributed by atoms with van der Waals surface area (Å²) in [6.07, 6.45) is 3.92. The number of rotatable bonds is 8. The number of hydrogen-bond acceptors (Lipinski definition) is 3. The van der Waals surface area contributed by atoms with Crippen molar-refractivity contribution in [2.75, 3.05) is 13.1 Å². The standard InChI is InChI=1S/C17H24F3NO3/c1-2-3-4-5-6-15-12-21(16(22)23-15)11-13-7-9-14(10-8-13)24-17(18,19)20/h7,9,15H,2-6,8,10-12H2,1H3. The summed E-state index contributed by atoms with van der Waals surface area (Å²) < 4.78 is 45.7. The fraction of sp³-hybridized carbons (Fsp3) is 0.706. The van der Waals surface area contributed by atoms with Crippen molar-refractivity contribution in [2.24, 2.45) is 0 Å². The molecule has 2 rings (SSSR count). The molecule has 24 heavy (non-hydrogen) atoms. The highest BCUT2D eigenvalue weighted by Crippen LogP contribution is 2.28. The van der Waals surface area contributed by atoms with Crippen molar-refractivity contribution in [3.8, 4) is 0 Å². The predicted molar refractivity (Wildman–Crippen MR) is 83.1 cm³/mol. The second-order valence-electron chi connectivity index (χ2n) is 6.24. The quantitative estimate of drug-likeness (QED) is 0.585. The lowest BCUT2D eigenvalue weighted by Gasteiger charge is -2.20. The molecule has 4 nitrogen and oxygen atoms in total. The summed E-state index contributed by atoms with van der Waals surface area (Å²) in [5, 5.41) is 0. The number of carbonyl (C=O) groups is 1. The van der Waals surface area contributed by atoms with Crippen LogP contribution < -0.4 is 0 Å². The first-order valence-electron chi connectivity index (χ1n) is 8.47. The molecular formula is C17H24F3NO3. The van der Waals surface area contributed by atoms with Crippen molar-refractivity contribution in [1.82, 2.24) is 4.90 Å². The van der Waals surface area contributed by atoms with Gasteiger partial charge in [0.2, 0.25) is 0 Å². The van der Waals surface area contributed by atoms with Crippen LogP contribution in [-0.2, 0) is 9.47 Å². The maximum atomic E-state index is 12.2. The number of alkyl halides is 3. The van der Waals surface area contributed by atoms with Crippen molar-refractivity contribution < 1.29 is 27.4 Å². The van der Waals surface area contributed by atoms with Gasteiger partial charge in [-0.05, 0) is 25.3 Å². The van der Waals surface area contributed by atoms with Gasteiger partial charge in [0.15, 0.2) is 0 Å². The number of amides is 1. The molecule has 1 amide bonds. The molecule has 1 atom stereocenters. The van der Waals surface area contributed by atoms with Gasteiger partial charge >= 0.3 is 12.5 Å². The third kappa shape index (κ3) is 6.09. The fourth-order valence-electron chi connectivity index (χ4n) is 2.92. The number of allylic oxidation sites excluding steroid dienone is 3. The Labute approximate surface area is 140 Å². The first-order valence-corrected chi connectivity index (χ1v) is 8.47. The number of halogens is 3. The Balaban J connectivity index is 1.78. The van der Waals surface area contributed by atoms with Crippen molar-refractivity contribution in [3.05, 3.63) is 23.5 Å². The third-order valence-corrected chi connectivity index (χ3v) is 4.17. The van der Waals surface area contributed by atoms with Crippen LogP contribution in [0.1, 0.15) is 51.9 Å². The van der Waals surface area contributed by atoms with E-state index in [1.165, 1.54) is 12.5 Å². The number of unbranched alkanes of at least 4 members (excludes halogenated alkanes) is 3. The van der Waals surface area contributed by atoms with E-state index in [9.17, 15) is 18.0 Å². The van der Waals surface area contributed by atoms with Gasteiger partial charge in [0.05, 0.1) is 6.54 Å². The normalized spacial score (nSPS) is 21.4. The van der Waals surface area contributed by atoms with Gasteiger partial charge < -0.3 is 14.4 Å². The van der Waals surface area contributed by atoms with E-state index in [1.54, 1.807) is 11.0 Å². The summed E-state index contributed by atoms with van der Waals surface area (Å²) in [6, 6.07) is 0. The SMILES string of the molecule is CCCCCCC1CN(CC2=CC=C(OC(F)(F)F)CC2)C(=O)O1. The van der Waals surface area contributed by atoms with Gasteiger partial charge in [0.1, 0.15) is 11.9 Å². The topological polar surface area (TPSA) is 38.8 Å². The molecule has 0 aromatic rings. The zero-order chi connectivity index (χ0) is 17.6. The van der Waals surface area contributed by atoms with Crippen LogP contribution in [0.25, 0.3) is 0 Å². The summed E-state index contributed by atoms with van der Waals surface area (Å²) >= 11 is 0. The van der Waals surface area contributed by atoms with E-state index < -0.39 is 6.36 Å². The van der Waals surface area contributed by atoms with Gasteiger partial charge in [-0.2, -0.15) is 0 Å². The van der Waals surface area contributed by atoms with Gasteiger partial charge in [0, 0.05) is 13.0 Å². The molecule has 1 unspecified atom stereocenters. The van der Waals surface area contributed by atoms with Gasteiger partial charge in [0.25, 0.3) is 0 Å². The Morgan fingerprint density at radius 1 is 1.25 bits per heavy atom. The van der Waals surface area contributed by atoms with E-state index >= 15 is 0 Å². The van der Waals surface area contributed by atoms with Gasteiger partial charge in [-0.25, -0.2) is 4.79 Å². The Kier molecular flexibility index (Phi) is 6.57. The highest BCUT2D eigenvalue weighted by atomic mass is 19.4. The molecule has 1 aliphatic carbocycles. The molecule has 0 aromatic heterocycles. The molecule has 0 saturated carbocycles.